The van der Waals surface area contributed by atoms with Crippen molar-refractivity contribution in [2.45, 2.75) is 36.6 Å². The van der Waals surface area contributed by atoms with E-state index in [2.05, 4.69) is 20.6 Å². The molecule has 3 aromatic rings. The topological polar surface area (TPSA) is 140 Å². The molecule has 4 heterocycles. The van der Waals surface area contributed by atoms with Crippen LogP contribution in [0.4, 0.5) is 19.7 Å². The quantitative estimate of drug-likeness (QED) is 0.320. The molecular formula is C26H30F2N6O4S2. The number of nitrogens with two attached hydrogens (primary N) is 1. The van der Waals surface area contributed by atoms with Gasteiger partial charge in [0.2, 0.25) is 21.7 Å². The molecule has 0 amide bonds. The van der Waals surface area contributed by atoms with E-state index < -0.39 is 33.0 Å². The van der Waals surface area contributed by atoms with Crippen LogP contribution in [0.1, 0.15) is 40.9 Å². The number of piperidine rings is 2. The number of nitrogens with one attached hydrogen (secondary N) is 2. The average molecular weight is 593 g/mol. The Labute approximate surface area is 235 Å². The van der Waals surface area contributed by atoms with Crippen molar-refractivity contribution >= 4 is 38.1 Å². The molecule has 0 radical (unpaired) electrons. The number of hydrogen-bond donors (Lipinski definition) is 3. The number of ketones is 1. The zero-order valence-corrected chi connectivity index (χ0v) is 23.2. The Morgan fingerprint density at radius 3 is 2.58 bits per heavy atom. The first-order valence-electron chi connectivity index (χ1n) is 13.0. The zero-order valence-electron chi connectivity index (χ0n) is 21.6. The predicted molar refractivity (Wildman–Crippen MR) is 147 cm³/mol. The van der Waals surface area contributed by atoms with Crippen LogP contribution in [0.25, 0.3) is 0 Å². The number of anilines is 2. The van der Waals surface area contributed by atoms with E-state index in [0.717, 1.165) is 49.4 Å². The Morgan fingerprint density at radius 2 is 1.93 bits per heavy atom. The molecule has 2 aliphatic heterocycles. The third-order valence-corrected chi connectivity index (χ3v) is 9.93. The summed E-state index contributed by atoms with van der Waals surface area (Å²) < 4.78 is 61.7. The van der Waals surface area contributed by atoms with E-state index in [1.165, 1.54) is 22.6 Å². The van der Waals surface area contributed by atoms with Crippen molar-refractivity contribution in [3.8, 4) is 5.88 Å². The van der Waals surface area contributed by atoms with Gasteiger partial charge in [0.05, 0.1) is 18.4 Å². The minimum absolute atomic E-state index is 0.0677. The van der Waals surface area contributed by atoms with Crippen LogP contribution in [0.3, 0.4) is 0 Å². The fraction of sp³-hybridized carbons (Fsp3) is 0.423. The SMILES string of the molecule is Nc1nc(NC2CCN(S(=O)(=O)c3ccc(OCC4CCCNC4)nc3)CC2)sc1C(=O)c1c(F)cccc1F. The maximum atomic E-state index is 14.1. The van der Waals surface area contributed by atoms with Gasteiger partial charge in [0.15, 0.2) is 5.13 Å². The molecule has 1 unspecified atom stereocenters. The highest BCUT2D eigenvalue weighted by Gasteiger charge is 2.31. The van der Waals surface area contributed by atoms with Gasteiger partial charge in [0, 0.05) is 37.7 Å². The molecule has 2 fully saturated rings. The Morgan fingerprint density at radius 1 is 1.18 bits per heavy atom. The smallest absolute Gasteiger partial charge is 0.244 e. The second kappa shape index (κ2) is 12.1. The van der Waals surface area contributed by atoms with E-state index in [4.69, 9.17) is 10.5 Å². The number of rotatable bonds is 9. The van der Waals surface area contributed by atoms with Gasteiger partial charge in [-0.15, -0.1) is 0 Å². The number of pyridine rings is 1. The minimum atomic E-state index is -3.73. The number of halogens is 2. The molecule has 0 spiro atoms. The summed E-state index contributed by atoms with van der Waals surface area (Å²) in [4.78, 5) is 21.1. The molecule has 0 saturated carbocycles. The lowest BCUT2D eigenvalue weighted by Crippen LogP contribution is -2.42. The van der Waals surface area contributed by atoms with E-state index in [9.17, 15) is 22.0 Å². The van der Waals surface area contributed by atoms with Gasteiger partial charge in [-0.05, 0) is 50.4 Å². The number of hydrogen-bond acceptors (Lipinski definition) is 10. The molecule has 4 N–H and O–H groups in total. The Bertz CT molecular complexity index is 1430. The summed E-state index contributed by atoms with van der Waals surface area (Å²) >= 11 is 0.905. The van der Waals surface area contributed by atoms with E-state index in [-0.39, 0.29) is 34.7 Å². The third-order valence-electron chi connectivity index (χ3n) is 7.04. The number of aromatic nitrogens is 2. The molecule has 5 rings (SSSR count). The molecule has 2 saturated heterocycles. The summed E-state index contributed by atoms with van der Waals surface area (Å²) in [6.07, 6.45) is 4.48. The third kappa shape index (κ3) is 6.24. The first kappa shape index (κ1) is 28.3. The lowest BCUT2D eigenvalue weighted by atomic mass is 10.0. The molecule has 2 aliphatic rings. The highest BCUT2D eigenvalue weighted by atomic mass is 32.2. The normalized spacial score (nSPS) is 18.9. The van der Waals surface area contributed by atoms with Gasteiger partial charge in [0.25, 0.3) is 0 Å². The number of thiazole rings is 1. The van der Waals surface area contributed by atoms with Crippen molar-refractivity contribution in [1.29, 1.82) is 0 Å². The van der Waals surface area contributed by atoms with Crippen LogP contribution >= 0.6 is 11.3 Å². The first-order chi connectivity index (χ1) is 19.2. The molecule has 2 aromatic heterocycles. The molecule has 0 aliphatic carbocycles. The van der Waals surface area contributed by atoms with Gasteiger partial charge >= 0.3 is 0 Å². The molecule has 214 valence electrons. The maximum Gasteiger partial charge on any atom is 0.244 e. The summed E-state index contributed by atoms with van der Waals surface area (Å²) in [5.74, 6) is -2.15. The van der Waals surface area contributed by atoms with Gasteiger partial charge in [-0.2, -0.15) is 4.31 Å². The molecule has 40 heavy (non-hydrogen) atoms. The zero-order chi connectivity index (χ0) is 28.3. The Kier molecular flexibility index (Phi) is 8.59. The molecule has 14 heteroatoms. The van der Waals surface area contributed by atoms with E-state index in [1.54, 1.807) is 6.07 Å². The van der Waals surface area contributed by atoms with Crippen LogP contribution in [-0.4, -0.2) is 67.3 Å². The largest absolute Gasteiger partial charge is 0.477 e. The van der Waals surface area contributed by atoms with Crippen LogP contribution in [0.2, 0.25) is 0 Å². The van der Waals surface area contributed by atoms with Crippen LogP contribution in [0, 0.1) is 17.6 Å². The second-order valence-electron chi connectivity index (χ2n) is 9.84. The van der Waals surface area contributed by atoms with Crippen molar-refractivity contribution in [2.75, 3.05) is 43.8 Å². The number of ether oxygens (including phenoxy) is 1. The molecular weight excluding hydrogens is 562 g/mol. The number of nitrogens with zero attached hydrogens (tertiary/aromatic N) is 3. The summed E-state index contributed by atoms with van der Waals surface area (Å²) in [7, 11) is -3.73. The summed E-state index contributed by atoms with van der Waals surface area (Å²) in [6.45, 7) is 2.99. The number of benzene rings is 1. The fourth-order valence-electron chi connectivity index (χ4n) is 4.82. The lowest BCUT2D eigenvalue weighted by molar-refractivity contribution is 0.103. The Hall–Kier alpha value is -3.20. The van der Waals surface area contributed by atoms with Crippen molar-refractivity contribution in [2.24, 2.45) is 5.92 Å². The van der Waals surface area contributed by atoms with Crippen molar-refractivity contribution in [3.63, 3.8) is 0 Å². The van der Waals surface area contributed by atoms with Crippen LogP contribution in [0.15, 0.2) is 41.4 Å². The second-order valence-corrected chi connectivity index (χ2v) is 12.8. The van der Waals surface area contributed by atoms with Gasteiger partial charge in [-0.1, -0.05) is 17.4 Å². The van der Waals surface area contributed by atoms with Crippen molar-refractivity contribution in [1.82, 2.24) is 19.6 Å². The van der Waals surface area contributed by atoms with Gasteiger partial charge in [0.1, 0.15) is 27.2 Å². The molecule has 0 bridgehead atoms. The van der Waals surface area contributed by atoms with E-state index >= 15 is 0 Å². The Balaban J connectivity index is 1.16. The number of nitrogen functional groups attached to an aromatic ring is 1. The lowest BCUT2D eigenvalue weighted by Gasteiger charge is -2.31. The molecule has 10 nitrogen and oxygen atoms in total. The van der Waals surface area contributed by atoms with Crippen LogP contribution in [-0.2, 0) is 10.0 Å². The number of sulfonamides is 1. The number of carbonyl (C=O) groups excluding carboxylic acids is 1. The van der Waals surface area contributed by atoms with Crippen LogP contribution in [0.5, 0.6) is 5.88 Å². The van der Waals surface area contributed by atoms with E-state index in [1.807, 2.05) is 0 Å². The van der Waals surface area contributed by atoms with Gasteiger partial charge < -0.3 is 21.1 Å². The maximum absolute atomic E-state index is 14.1. The van der Waals surface area contributed by atoms with E-state index in [0.29, 0.717) is 36.4 Å². The summed E-state index contributed by atoms with van der Waals surface area (Å²) in [5, 5.41) is 6.83. The monoisotopic (exact) mass is 592 g/mol. The summed E-state index contributed by atoms with van der Waals surface area (Å²) in [6, 6.07) is 6.14. The van der Waals surface area contributed by atoms with Gasteiger partial charge in [-0.3, -0.25) is 4.79 Å². The van der Waals surface area contributed by atoms with Gasteiger partial charge in [-0.25, -0.2) is 27.2 Å². The fourth-order valence-corrected chi connectivity index (χ4v) is 7.15. The predicted octanol–water partition coefficient (Wildman–Crippen LogP) is 3.27. The minimum Gasteiger partial charge on any atom is -0.477 e. The van der Waals surface area contributed by atoms with Crippen LogP contribution < -0.4 is 21.1 Å². The standard InChI is InChI=1S/C26H30F2N6O4S2/c27-19-4-1-5-20(28)22(19)23(35)24-25(29)33-26(39-24)32-17-8-11-34(12-9-17)40(36,37)18-6-7-21(31-14-18)38-15-16-3-2-10-30-13-16/h1,4-7,14,16-17,30H,2-3,8-13,15,29H2,(H,32,33). The first-order valence-corrected chi connectivity index (χ1v) is 15.3. The number of carbonyl (C=O) groups is 1. The molecule has 1 aromatic carbocycles. The molecule has 1 atom stereocenters. The average Bonchev–Trinajstić information content (AvgIpc) is 3.32. The van der Waals surface area contributed by atoms with Crippen molar-refractivity contribution in [3.05, 3.63) is 58.6 Å². The highest BCUT2D eigenvalue weighted by Crippen LogP contribution is 2.31. The summed E-state index contributed by atoms with van der Waals surface area (Å²) in [5.41, 5.74) is 5.20. The highest BCUT2D eigenvalue weighted by molar-refractivity contribution is 7.89. The van der Waals surface area contributed by atoms with Crippen molar-refractivity contribution < 1.29 is 26.7 Å².